The van der Waals surface area contributed by atoms with Crippen molar-refractivity contribution >= 4 is 5.97 Å². The number of carbonyl (C=O) groups is 1. The zero-order valence-electron chi connectivity index (χ0n) is 12.2. The number of ether oxygens (including phenoxy) is 2. The fourth-order valence-corrected chi connectivity index (χ4v) is 1.76. The van der Waals surface area contributed by atoms with E-state index in [2.05, 4.69) is 18.7 Å². The number of hydrogen-bond donors (Lipinski definition) is 0. The summed E-state index contributed by atoms with van der Waals surface area (Å²) in [5.74, 6) is 0.662. The normalized spacial score (nSPS) is 10.8. The number of methoxy groups -OCH3 is 1. The van der Waals surface area contributed by atoms with Gasteiger partial charge in [-0.15, -0.1) is 0 Å². The molecule has 0 radical (unpaired) electrons. The molecule has 0 aliphatic heterocycles. The molecule has 1 rings (SSSR count). The van der Waals surface area contributed by atoms with Crippen molar-refractivity contribution in [3.8, 4) is 5.75 Å². The second-order valence-electron chi connectivity index (χ2n) is 4.65. The molecule has 0 unspecified atom stereocenters. The van der Waals surface area contributed by atoms with Crippen molar-refractivity contribution in [1.82, 2.24) is 4.90 Å². The molecule has 0 aromatic heterocycles. The molecule has 0 atom stereocenters. The van der Waals surface area contributed by atoms with Crippen LogP contribution in [-0.4, -0.2) is 37.2 Å². The number of hydrogen-bond acceptors (Lipinski definition) is 4. The van der Waals surface area contributed by atoms with Gasteiger partial charge >= 0.3 is 5.97 Å². The van der Waals surface area contributed by atoms with Crippen molar-refractivity contribution in [2.75, 3.05) is 20.3 Å². The highest BCUT2D eigenvalue weighted by molar-refractivity contribution is 5.71. The first-order valence-electron chi connectivity index (χ1n) is 6.59. The lowest BCUT2D eigenvalue weighted by Crippen LogP contribution is -2.35. The van der Waals surface area contributed by atoms with Crippen LogP contribution in [0.1, 0.15) is 26.3 Å². The molecule has 0 bridgehead atoms. The van der Waals surface area contributed by atoms with Crippen molar-refractivity contribution in [1.29, 1.82) is 0 Å². The van der Waals surface area contributed by atoms with Crippen LogP contribution >= 0.6 is 0 Å². The Bertz CT molecular complexity index is 387. The summed E-state index contributed by atoms with van der Waals surface area (Å²) in [6.45, 7) is 7.43. The molecule has 4 heteroatoms. The Morgan fingerprint density at radius 3 is 2.37 bits per heavy atom. The molecule has 1 aromatic rings. The van der Waals surface area contributed by atoms with Crippen LogP contribution in [0.2, 0.25) is 0 Å². The summed E-state index contributed by atoms with van der Waals surface area (Å²) in [6.07, 6.45) is 0. The lowest BCUT2D eigenvalue weighted by atomic mass is 10.2. The molecule has 0 spiro atoms. The third kappa shape index (κ3) is 5.30. The van der Waals surface area contributed by atoms with E-state index in [1.54, 1.807) is 7.11 Å². The number of rotatable bonds is 7. The molecule has 0 heterocycles. The molecule has 0 N–H and O–H groups in total. The SMILES string of the molecule is CCOC(=O)CN(Cc1ccc(OC)cc1)C(C)C. The van der Waals surface area contributed by atoms with Crippen molar-refractivity contribution in [2.45, 2.75) is 33.4 Å². The predicted octanol–water partition coefficient (Wildman–Crippen LogP) is 2.47. The summed E-state index contributed by atoms with van der Waals surface area (Å²) in [5.41, 5.74) is 1.15. The van der Waals surface area contributed by atoms with E-state index in [1.165, 1.54) is 0 Å². The molecule has 19 heavy (non-hydrogen) atoms. The molecular formula is C15H23NO3. The predicted molar refractivity (Wildman–Crippen MR) is 75.2 cm³/mol. The van der Waals surface area contributed by atoms with Crippen LogP contribution in [0.25, 0.3) is 0 Å². The van der Waals surface area contributed by atoms with Crippen LogP contribution in [0.4, 0.5) is 0 Å². The van der Waals surface area contributed by atoms with Crippen molar-refractivity contribution in [3.05, 3.63) is 29.8 Å². The molecule has 0 fully saturated rings. The van der Waals surface area contributed by atoms with Gasteiger partial charge in [0.25, 0.3) is 0 Å². The number of nitrogens with zero attached hydrogens (tertiary/aromatic N) is 1. The van der Waals surface area contributed by atoms with Crippen LogP contribution in [0.3, 0.4) is 0 Å². The highest BCUT2D eigenvalue weighted by atomic mass is 16.5. The van der Waals surface area contributed by atoms with Crippen LogP contribution in [-0.2, 0) is 16.1 Å². The molecule has 0 saturated heterocycles. The van der Waals surface area contributed by atoms with Crippen molar-refractivity contribution in [2.24, 2.45) is 0 Å². The third-order valence-electron chi connectivity index (χ3n) is 2.91. The summed E-state index contributed by atoms with van der Waals surface area (Å²) in [6, 6.07) is 8.17. The largest absolute Gasteiger partial charge is 0.497 e. The first-order valence-corrected chi connectivity index (χ1v) is 6.59. The minimum absolute atomic E-state index is 0.176. The summed E-state index contributed by atoms with van der Waals surface area (Å²) in [4.78, 5) is 13.6. The third-order valence-corrected chi connectivity index (χ3v) is 2.91. The summed E-state index contributed by atoms with van der Waals surface area (Å²) in [5, 5.41) is 0. The minimum atomic E-state index is -0.176. The quantitative estimate of drug-likeness (QED) is 0.710. The fourth-order valence-electron chi connectivity index (χ4n) is 1.76. The maximum atomic E-state index is 11.6. The van der Waals surface area contributed by atoms with Gasteiger partial charge in [0.05, 0.1) is 20.3 Å². The monoisotopic (exact) mass is 265 g/mol. The van der Waals surface area contributed by atoms with Gasteiger partial charge < -0.3 is 9.47 Å². The second-order valence-corrected chi connectivity index (χ2v) is 4.65. The van der Waals surface area contributed by atoms with E-state index < -0.39 is 0 Å². The zero-order valence-corrected chi connectivity index (χ0v) is 12.2. The Labute approximate surface area is 115 Å². The Kier molecular flexibility index (Phi) is 6.36. The molecule has 0 aliphatic rings. The van der Waals surface area contributed by atoms with Crippen LogP contribution in [0, 0.1) is 0 Å². The number of esters is 1. The molecule has 0 aliphatic carbocycles. The summed E-state index contributed by atoms with van der Waals surface area (Å²) >= 11 is 0. The Balaban J connectivity index is 2.64. The topological polar surface area (TPSA) is 38.8 Å². The van der Waals surface area contributed by atoms with Gasteiger partial charge in [0.2, 0.25) is 0 Å². The number of benzene rings is 1. The first-order chi connectivity index (χ1) is 9.06. The molecule has 0 saturated carbocycles. The van der Waals surface area contributed by atoms with Crippen LogP contribution in [0.5, 0.6) is 5.75 Å². The summed E-state index contributed by atoms with van der Waals surface area (Å²) in [7, 11) is 1.65. The van der Waals surface area contributed by atoms with Gasteiger partial charge in [0, 0.05) is 12.6 Å². The van der Waals surface area contributed by atoms with Gasteiger partial charge in [-0.1, -0.05) is 12.1 Å². The van der Waals surface area contributed by atoms with Crippen molar-refractivity contribution < 1.29 is 14.3 Å². The van der Waals surface area contributed by atoms with Crippen LogP contribution < -0.4 is 4.74 Å². The Hall–Kier alpha value is -1.55. The van der Waals surface area contributed by atoms with Gasteiger partial charge in [-0.3, -0.25) is 9.69 Å². The first kappa shape index (κ1) is 15.5. The minimum Gasteiger partial charge on any atom is -0.497 e. The zero-order chi connectivity index (χ0) is 14.3. The molecule has 0 amide bonds. The van der Waals surface area contributed by atoms with Crippen molar-refractivity contribution in [3.63, 3.8) is 0 Å². The van der Waals surface area contributed by atoms with E-state index in [9.17, 15) is 4.79 Å². The van der Waals surface area contributed by atoms with E-state index in [0.29, 0.717) is 13.2 Å². The van der Waals surface area contributed by atoms with Gasteiger partial charge in [0.15, 0.2) is 0 Å². The maximum Gasteiger partial charge on any atom is 0.320 e. The van der Waals surface area contributed by atoms with E-state index in [0.717, 1.165) is 17.9 Å². The van der Waals surface area contributed by atoms with Gasteiger partial charge in [-0.25, -0.2) is 0 Å². The average Bonchev–Trinajstić information content (AvgIpc) is 2.39. The van der Waals surface area contributed by atoms with Gasteiger partial charge in [0.1, 0.15) is 5.75 Å². The average molecular weight is 265 g/mol. The second kappa shape index (κ2) is 7.79. The van der Waals surface area contributed by atoms with Gasteiger partial charge in [-0.05, 0) is 38.5 Å². The Morgan fingerprint density at radius 2 is 1.89 bits per heavy atom. The lowest BCUT2D eigenvalue weighted by Gasteiger charge is -2.25. The van der Waals surface area contributed by atoms with Gasteiger partial charge in [-0.2, -0.15) is 0 Å². The van der Waals surface area contributed by atoms with E-state index in [1.807, 2.05) is 31.2 Å². The standard InChI is InChI=1S/C15H23NO3/c1-5-19-15(17)11-16(12(2)3)10-13-6-8-14(18-4)9-7-13/h6-9,12H,5,10-11H2,1-4H3. The Morgan fingerprint density at radius 1 is 1.26 bits per heavy atom. The van der Waals surface area contributed by atoms with E-state index >= 15 is 0 Å². The highest BCUT2D eigenvalue weighted by Crippen LogP contribution is 2.14. The number of carbonyl (C=O) groups excluding carboxylic acids is 1. The lowest BCUT2D eigenvalue weighted by molar-refractivity contribution is -0.145. The fraction of sp³-hybridized carbons (Fsp3) is 0.533. The van der Waals surface area contributed by atoms with Crippen LogP contribution in [0.15, 0.2) is 24.3 Å². The molecular weight excluding hydrogens is 242 g/mol. The van der Waals surface area contributed by atoms with E-state index in [4.69, 9.17) is 9.47 Å². The summed E-state index contributed by atoms with van der Waals surface area (Å²) < 4.78 is 10.1. The molecule has 1 aromatic carbocycles. The smallest absolute Gasteiger partial charge is 0.320 e. The maximum absolute atomic E-state index is 11.6. The molecule has 4 nitrogen and oxygen atoms in total. The molecule has 106 valence electrons. The highest BCUT2D eigenvalue weighted by Gasteiger charge is 2.15. The van der Waals surface area contributed by atoms with E-state index in [-0.39, 0.29) is 12.0 Å².